The molecule has 2 heterocycles. The van der Waals surface area contributed by atoms with Crippen molar-refractivity contribution in [3.63, 3.8) is 0 Å². The highest BCUT2D eigenvalue weighted by Gasteiger charge is 2.22. The summed E-state index contributed by atoms with van der Waals surface area (Å²) in [5.41, 5.74) is 1.19. The van der Waals surface area contributed by atoms with Crippen LogP contribution in [0.2, 0.25) is 0 Å². The maximum Gasteiger partial charge on any atom is 0.131 e. The summed E-state index contributed by atoms with van der Waals surface area (Å²) in [7, 11) is 0. The number of pyridine rings is 1. The van der Waals surface area contributed by atoms with Gasteiger partial charge in [0.2, 0.25) is 0 Å². The molecular formula is C13H17BrN4. The van der Waals surface area contributed by atoms with Crippen LogP contribution in [-0.2, 0) is 0 Å². The number of hydrogen-bond donors (Lipinski definition) is 0. The smallest absolute Gasteiger partial charge is 0.131 e. The maximum absolute atomic E-state index is 8.92. The van der Waals surface area contributed by atoms with E-state index < -0.39 is 0 Å². The molecule has 0 radical (unpaired) electrons. The average molecular weight is 309 g/mol. The van der Waals surface area contributed by atoms with E-state index in [0.29, 0.717) is 0 Å². The predicted octanol–water partition coefficient (Wildman–Crippen LogP) is 2.19. The molecule has 0 spiro atoms. The van der Waals surface area contributed by atoms with Crippen LogP contribution in [-0.4, -0.2) is 42.1 Å². The van der Waals surface area contributed by atoms with Gasteiger partial charge in [0.15, 0.2) is 0 Å². The zero-order valence-electron chi connectivity index (χ0n) is 10.7. The van der Waals surface area contributed by atoms with E-state index in [0.717, 1.165) is 36.5 Å². The van der Waals surface area contributed by atoms with Gasteiger partial charge in [-0.25, -0.2) is 4.98 Å². The summed E-state index contributed by atoms with van der Waals surface area (Å²) >= 11 is 3.43. The molecule has 0 aliphatic carbocycles. The minimum Gasteiger partial charge on any atom is -0.354 e. The number of aromatic nitrogens is 1. The number of rotatable bonds is 2. The third-order valence-corrected chi connectivity index (χ3v) is 3.80. The topological polar surface area (TPSA) is 43.2 Å². The first kappa shape index (κ1) is 13.3. The first-order valence-electron chi connectivity index (χ1n) is 6.12. The third kappa shape index (κ3) is 2.82. The molecule has 1 aliphatic heterocycles. The van der Waals surface area contributed by atoms with E-state index in [9.17, 15) is 0 Å². The van der Waals surface area contributed by atoms with Crippen LogP contribution in [0.25, 0.3) is 0 Å². The second-order valence-electron chi connectivity index (χ2n) is 4.62. The molecule has 0 amide bonds. The molecule has 0 aromatic carbocycles. The predicted molar refractivity (Wildman–Crippen MR) is 75.5 cm³/mol. The van der Waals surface area contributed by atoms with Gasteiger partial charge in [-0.15, -0.1) is 0 Å². The first-order valence-corrected chi connectivity index (χ1v) is 6.92. The zero-order chi connectivity index (χ0) is 13.1. The van der Waals surface area contributed by atoms with Gasteiger partial charge in [-0.05, 0) is 41.4 Å². The average Bonchev–Trinajstić information content (AvgIpc) is 2.38. The van der Waals surface area contributed by atoms with Crippen LogP contribution in [0.5, 0.6) is 0 Å². The molecule has 1 aromatic rings. The van der Waals surface area contributed by atoms with Gasteiger partial charge < -0.3 is 4.90 Å². The lowest BCUT2D eigenvalue weighted by Crippen LogP contribution is -2.49. The normalized spacial score (nSPS) is 18.4. The molecule has 96 valence electrons. The quantitative estimate of drug-likeness (QED) is 0.840. The minimum absolute atomic E-state index is 0.00567. The van der Waals surface area contributed by atoms with E-state index in [1.54, 1.807) is 0 Å². The van der Waals surface area contributed by atoms with E-state index >= 15 is 0 Å². The van der Waals surface area contributed by atoms with Crippen LogP contribution >= 0.6 is 15.9 Å². The molecule has 1 unspecified atom stereocenters. The fourth-order valence-corrected chi connectivity index (χ4v) is 2.71. The van der Waals surface area contributed by atoms with Crippen LogP contribution < -0.4 is 4.90 Å². The van der Waals surface area contributed by atoms with Gasteiger partial charge >= 0.3 is 0 Å². The Balaban J connectivity index is 2.04. The fraction of sp³-hybridized carbons (Fsp3) is 0.538. The van der Waals surface area contributed by atoms with Crippen molar-refractivity contribution < 1.29 is 0 Å². The van der Waals surface area contributed by atoms with Crippen molar-refractivity contribution >= 4 is 21.7 Å². The minimum atomic E-state index is 0.00567. The Bertz CT molecular complexity index is 461. The summed E-state index contributed by atoms with van der Waals surface area (Å²) in [4.78, 5) is 8.99. The van der Waals surface area contributed by atoms with Crippen molar-refractivity contribution in [2.75, 3.05) is 31.1 Å². The Morgan fingerprint density at radius 2 is 2.06 bits per heavy atom. The number of nitriles is 1. The molecule has 0 bridgehead atoms. The second-order valence-corrected chi connectivity index (χ2v) is 5.54. The highest BCUT2D eigenvalue weighted by molar-refractivity contribution is 9.10. The van der Waals surface area contributed by atoms with E-state index in [4.69, 9.17) is 5.26 Å². The first-order chi connectivity index (χ1) is 8.61. The van der Waals surface area contributed by atoms with Crippen molar-refractivity contribution in [2.24, 2.45) is 0 Å². The molecular weight excluding hydrogens is 292 g/mol. The summed E-state index contributed by atoms with van der Waals surface area (Å²) in [5, 5.41) is 8.92. The zero-order valence-corrected chi connectivity index (χ0v) is 12.3. The van der Waals surface area contributed by atoms with Crippen LogP contribution in [0.15, 0.2) is 16.7 Å². The summed E-state index contributed by atoms with van der Waals surface area (Å²) in [6, 6.07) is 4.39. The van der Waals surface area contributed by atoms with Crippen LogP contribution in [0.1, 0.15) is 12.5 Å². The highest BCUT2D eigenvalue weighted by Crippen LogP contribution is 2.22. The van der Waals surface area contributed by atoms with Gasteiger partial charge in [-0.1, -0.05) is 0 Å². The molecule has 1 fully saturated rings. The van der Waals surface area contributed by atoms with Crippen molar-refractivity contribution in [1.29, 1.82) is 5.26 Å². The van der Waals surface area contributed by atoms with Crippen molar-refractivity contribution in [1.82, 2.24) is 9.88 Å². The van der Waals surface area contributed by atoms with E-state index in [1.807, 2.05) is 13.1 Å². The van der Waals surface area contributed by atoms with E-state index in [2.05, 4.69) is 49.8 Å². The number of halogens is 1. The summed E-state index contributed by atoms with van der Waals surface area (Å²) in [6.07, 6.45) is 1.84. The summed E-state index contributed by atoms with van der Waals surface area (Å²) in [6.45, 7) is 7.75. The Hall–Kier alpha value is -1.12. The van der Waals surface area contributed by atoms with Gasteiger partial charge in [-0.2, -0.15) is 5.26 Å². The van der Waals surface area contributed by atoms with Gasteiger partial charge in [0, 0.05) is 36.8 Å². The van der Waals surface area contributed by atoms with E-state index in [-0.39, 0.29) is 6.04 Å². The lowest BCUT2D eigenvalue weighted by atomic mass is 10.2. The number of anilines is 1. The highest BCUT2D eigenvalue weighted by atomic mass is 79.9. The van der Waals surface area contributed by atoms with Gasteiger partial charge in [0.05, 0.1) is 12.1 Å². The molecule has 1 aliphatic rings. The Morgan fingerprint density at radius 1 is 1.39 bits per heavy atom. The maximum atomic E-state index is 8.92. The monoisotopic (exact) mass is 308 g/mol. The van der Waals surface area contributed by atoms with Crippen molar-refractivity contribution in [3.8, 4) is 6.07 Å². The fourth-order valence-electron chi connectivity index (χ4n) is 2.27. The van der Waals surface area contributed by atoms with E-state index in [1.165, 1.54) is 5.56 Å². The molecule has 0 N–H and O–H groups in total. The third-order valence-electron chi connectivity index (χ3n) is 3.37. The molecule has 5 heteroatoms. The number of hydrogen-bond acceptors (Lipinski definition) is 4. The Kier molecular flexibility index (Phi) is 4.20. The molecule has 4 nitrogen and oxygen atoms in total. The van der Waals surface area contributed by atoms with Gasteiger partial charge in [0.25, 0.3) is 0 Å². The molecule has 1 atom stereocenters. The van der Waals surface area contributed by atoms with Crippen LogP contribution in [0, 0.1) is 18.3 Å². The summed E-state index contributed by atoms with van der Waals surface area (Å²) < 4.78 is 1.01. The van der Waals surface area contributed by atoms with Gasteiger partial charge in [-0.3, -0.25) is 4.90 Å². The lowest BCUT2D eigenvalue weighted by Gasteiger charge is -2.37. The van der Waals surface area contributed by atoms with Crippen molar-refractivity contribution in [3.05, 3.63) is 22.3 Å². The molecule has 2 rings (SSSR count). The molecule has 1 saturated heterocycles. The number of aryl methyl sites for hydroxylation is 1. The SMILES string of the molecule is Cc1cc(Br)cnc1N1CCN(C(C)C#N)CC1. The Labute approximate surface area is 116 Å². The standard InChI is InChI=1S/C13H17BrN4/c1-10-7-12(14)9-16-13(10)18-5-3-17(4-6-18)11(2)8-15/h7,9,11H,3-6H2,1-2H3. The molecule has 18 heavy (non-hydrogen) atoms. The second kappa shape index (κ2) is 5.68. The largest absolute Gasteiger partial charge is 0.354 e. The number of piperazine rings is 1. The lowest BCUT2D eigenvalue weighted by molar-refractivity contribution is 0.231. The van der Waals surface area contributed by atoms with Crippen molar-refractivity contribution in [2.45, 2.75) is 19.9 Å². The van der Waals surface area contributed by atoms with Crippen LogP contribution in [0.4, 0.5) is 5.82 Å². The summed E-state index contributed by atoms with van der Waals surface area (Å²) in [5.74, 6) is 1.06. The molecule has 0 saturated carbocycles. The Morgan fingerprint density at radius 3 is 2.61 bits per heavy atom. The van der Waals surface area contributed by atoms with Crippen LogP contribution in [0.3, 0.4) is 0 Å². The van der Waals surface area contributed by atoms with Gasteiger partial charge in [0.1, 0.15) is 5.82 Å². The number of nitrogens with zero attached hydrogens (tertiary/aromatic N) is 4. The molecule has 1 aromatic heterocycles.